The molecule has 0 amide bonds. The van der Waals surface area contributed by atoms with E-state index in [1.54, 1.807) is 0 Å². The van der Waals surface area contributed by atoms with E-state index in [9.17, 15) is 0 Å². The van der Waals surface area contributed by atoms with Crippen LogP contribution in [0.3, 0.4) is 0 Å². The van der Waals surface area contributed by atoms with Gasteiger partial charge < -0.3 is 5.32 Å². The summed E-state index contributed by atoms with van der Waals surface area (Å²) in [6.45, 7) is 0.943. The number of anilines is 1. The number of rotatable bonds is 6. The Kier molecular flexibility index (Phi) is 3.66. The molecule has 2 atom stereocenters. The number of nitrogens with one attached hydrogen (secondary N) is 1. The van der Waals surface area contributed by atoms with Crippen molar-refractivity contribution in [2.45, 2.75) is 31.6 Å². The van der Waals surface area contributed by atoms with E-state index in [1.165, 1.54) is 24.8 Å². The number of aromatic nitrogens is 3. The Labute approximate surface area is 152 Å². The molecule has 25 heavy (non-hydrogen) atoms. The minimum absolute atomic E-state index is 0.675. The van der Waals surface area contributed by atoms with Crippen LogP contribution in [0.2, 0.25) is 5.02 Å². The van der Waals surface area contributed by atoms with Gasteiger partial charge in [0.15, 0.2) is 5.65 Å². The first kappa shape index (κ1) is 15.2. The van der Waals surface area contributed by atoms with E-state index in [2.05, 4.69) is 51.9 Å². The molecular formula is C20H21ClN4. The van der Waals surface area contributed by atoms with E-state index in [-0.39, 0.29) is 0 Å². The van der Waals surface area contributed by atoms with Gasteiger partial charge in [0.2, 0.25) is 0 Å². The van der Waals surface area contributed by atoms with Gasteiger partial charge in [-0.15, -0.1) is 10.2 Å². The van der Waals surface area contributed by atoms with E-state index < -0.39 is 0 Å². The van der Waals surface area contributed by atoms with Crippen molar-refractivity contribution in [1.29, 1.82) is 0 Å². The fraction of sp³-hybridized carbons (Fsp3) is 0.400. The second kappa shape index (κ2) is 6.03. The third-order valence-corrected chi connectivity index (χ3v) is 5.84. The minimum atomic E-state index is 0.675. The highest BCUT2D eigenvalue weighted by atomic mass is 35.5. The summed E-state index contributed by atoms with van der Waals surface area (Å²) in [5.41, 5.74) is 3.16. The quantitative estimate of drug-likeness (QED) is 0.707. The largest absolute Gasteiger partial charge is 0.383 e. The van der Waals surface area contributed by atoms with Gasteiger partial charge in [-0.3, -0.25) is 4.40 Å². The Hall–Kier alpha value is -2.07. The maximum Gasteiger partial charge on any atom is 0.181 e. The van der Waals surface area contributed by atoms with Crippen molar-refractivity contribution in [2.24, 2.45) is 11.8 Å². The Morgan fingerprint density at radius 2 is 1.96 bits per heavy atom. The molecule has 0 bridgehead atoms. The predicted octanol–water partition coefficient (Wildman–Crippen LogP) is 4.55. The molecule has 0 aliphatic heterocycles. The molecular weight excluding hydrogens is 332 g/mol. The highest BCUT2D eigenvalue weighted by molar-refractivity contribution is 6.36. The summed E-state index contributed by atoms with van der Waals surface area (Å²) in [6, 6.07) is 12.8. The van der Waals surface area contributed by atoms with E-state index in [0.29, 0.717) is 16.9 Å². The maximum atomic E-state index is 6.58. The smallest absolute Gasteiger partial charge is 0.181 e. The lowest BCUT2D eigenvalue weighted by Crippen LogP contribution is -2.06. The minimum Gasteiger partial charge on any atom is -0.383 e. The van der Waals surface area contributed by atoms with Gasteiger partial charge in [0.25, 0.3) is 0 Å². The molecule has 2 saturated carbocycles. The van der Waals surface area contributed by atoms with E-state index in [4.69, 9.17) is 11.6 Å². The highest BCUT2D eigenvalue weighted by Crippen LogP contribution is 2.47. The lowest BCUT2D eigenvalue weighted by atomic mass is 10.1. The zero-order valence-electron chi connectivity index (χ0n) is 14.0. The van der Waals surface area contributed by atoms with Crippen LogP contribution in [0.1, 0.15) is 36.6 Å². The van der Waals surface area contributed by atoms with Gasteiger partial charge in [0.05, 0.1) is 5.69 Å². The third kappa shape index (κ3) is 2.99. The average molecular weight is 353 g/mol. The van der Waals surface area contributed by atoms with Crippen LogP contribution in [0.4, 0.5) is 5.69 Å². The third-order valence-electron chi connectivity index (χ3n) is 5.46. The standard InChI is InChI=1S/C20H21ClN4/c21-19-17(22-12-15-11-16(15)14-4-2-1-3-5-14)8-9-25-18(10-13-6-7-13)23-24-20(19)25/h1-5,8-9,13,15-16,22H,6-7,10-12H2. The first-order valence-corrected chi connectivity index (χ1v) is 9.48. The first-order chi connectivity index (χ1) is 12.3. The second-order valence-corrected chi connectivity index (χ2v) is 7.77. The summed E-state index contributed by atoms with van der Waals surface area (Å²) in [5.74, 6) is 3.17. The molecule has 2 aliphatic carbocycles. The molecule has 5 rings (SSSR count). The summed E-state index contributed by atoms with van der Waals surface area (Å²) in [7, 11) is 0. The van der Waals surface area contributed by atoms with Crippen LogP contribution in [0.15, 0.2) is 42.6 Å². The van der Waals surface area contributed by atoms with Crippen LogP contribution in [-0.4, -0.2) is 21.1 Å². The normalized spacial score (nSPS) is 22.3. The number of benzene rings is 1. The molecule has 5 heteroatoms. The van der Waals surface area contributed by atoms with Crippen LogP contribution in [0, 0.1) is 11.8 Å². The molecule has 2 heterocycles. The van der Waals surface area contributed by atoms with Gasteiger partial charge in [-0.2, -0.15) is 0 Å². The first-order valence-electron chi connectivity index (χ1n) is 9.10. The summed E-state index contributed by atoms with van der Waals surface area (Å²) in [5, 5.41) is 12.8. The zero-order chi connectivity index (χ0) is 16.8. The molecule has 4 nitrogen and oxygen atoms in total. The van der Waals surface area contributed by atoms with Crippen molar-refractivity contribution in [1.82, 2.24) is 14.6 Å². The Balaban J connectivity index is 1.28. The predicted molar refractivity (Wildman–Crippen MR) is 100 cm³/mol. The van der Waals surface area contributed by atoms with E-state index >= 15 is 0 Å². The number of nitrogens with zero attached hydrogens (tertiary/aromatic N) is 3. The van der Waals surface area contributed by atoms with Gasteiger partial charge in [0, 0.05) is 19.2 Å². The molecule has 2 unspecified atom stereocenters. The molecule has 3 aromatic rings. The molecule has 1 aromatic carbocycles. The maximum absolute atomic E-state index is 6.58. The zero-order valence-corrected chi connectivity index (χ0v) is 14.8. The SMILES string of the molecule is Clc1c(NCC2CC2c2ccccc2)ccn2c(CC3CC3)nnc12. The Morgan fingerprint density at radius 1 is 1.12 bits per heavy atom. The van der Waals surface area contributed by atoms with Crippen LogP contribution in [0.25, 0.3) is 5.65 Å². The fourth-order valence-electron chi connectivity index (χ4n) is 3.65. The topological polar surface area (TPSA) is 42.2 Å². The van der Waals surface area contributed by atoms with Crippen molar-refractivity contribution in [3.63, 3.8) is 0 Å². The molecule has 0 saturated heterocycles. The molecule has 2 aliphatic rings. The lowest BCUT2D eigenvalue weighted by molar-refractivity contribution is 0.758. The highest BCUT2D eigenvalue weighted by Gasteiger charge is 2.37. The second-order valence-electron chi connectivity index (χ2n) is 7.39. The lowest BCUT2D eigenvalue weighted by Gasteiger charge is -2.09. The molecule has 0 radical (unpaired) electrons. The van der Waals surface area contributed by atoms with Crippen LogP contribution in [-0.2, 0) is 6.42 Å². The molecule has 2 aromatic heterocycles. The van der Waals surface area contributed by atoms with Crippen LogP contribution < -0.4 is 5.32 Å². The van der Waals surface area contributed by atoms with Crippen molar-refractivity contribution in [2.75, 3.05) is 11.9 Å². The van der Waals surface area contributed by atoms with Crippen LogP contribution >= 0.6 is 11.6 Å². The Bertz CT molecular complexity index is 901. The summed E-state index contributed by atoms with van der Waals surface area (Å²) in [4.78, 5) is 0. The monoisotopic (exact) mass is 352 g/mol. The van der Waals surface area contributed by atoms with Crippen molar-refractivity contribution in [3.8, 4) is 0 Å². The number of hydrogen-bond acceptors (Lipinski definition) is 3. The Morgan fingerprint density at radius 3 is 2.76 bits per heavy atom. The average Bonchev–Trinajstić information content (AvgIpc) is 3.55. The van der Waals surface area contributed by atoms with Crippen molar-refractivity contribution < 1.29 is 0 Å². The summed E-state index contributed by atoms with van der Waals surface area (Å²) < 4.78 is 2.04. The number of fused-ring (bicyclic) bond motifs is 1. The van der Waals surface area contributed by atoms with Crippen molar-refractivity contribution >= 4 is 22.9 Å². The van der Waals surface area contributed by atoms with Gasteiger partial charge in [-0.1, -0.05) is 41.9 Å². The number of pyridine rings is 1. The van der Waals surface area contributed by atoms with Crippen molar-refractivity contribution in [3.05, 3.63) is 59.0 Å². The molecule has 128 valence electrons. The number of hydrogen-bond donors (Lipinski definition) is 1. The van der Waals surface area contributed by atoms with Crippen LogP contribution in [0.5, 0.6) is 0 Å². The van der Waals surface area contributed by atoms with E-state index in [0.717, 1.165) is 36.0 Å². The van der Waals surface area contributed by atoms with Gasteiger partial charge in [0.1, 0.15) is 10.8 Å². The fourth-order valence-corrected chi connectivity index (χ4v) is 3.91. The molecule has 1 N–H and O–H groups in total. The van der Waals surface area contributed by atoms with E-state index in [1.807, 2.05) is 10.6 Å². The molecule has 2 fully saturated rings. The van der Waals surface area contributed by atoms with Gasteiger partial charge in [-0.25, -0.2) is 0 Å². The number of halogens is 1. The van der Waals surface area contributed by atoms with Gasteiger partial charge in [-0.05, 0) is 48.6 Å². The van der Waals surface area contributed by atoms with Gasteiger partial charge >= 0.3 is 0 Å². The summed E-state index contributed by atoms with van der Waals surface area (Å²) >= 11 is 6.58. The summed E-state index contributed by atoms with van der Waals surface area (Å²) in [6.07, 6.45) is 6.92. The molecule has 0 spiro atoms.